The van der Waals surface area contributed by atoms with Crippen molar-refractivity contribution in [2.24, 2.45) is 5.92 Å². The van der Waals surface area contributed by atoms with Gasteiger partial charge in [-0.1, -0.05) is 6.92 Å². The molecule has 1 fully saturated rings. The zero-order valence-corrected chi connectivity index (χ0v) is 7.77. The molecule has 4 nitrogen and oxygen atoms in total. The van der Waals surface area contributed by atoms with Crippen LogP contribution < -0.4 is 0 Å². The van der Waals surface area contributed by atoms with Crippen LogP contribution in [0.4, 0.5) is 0 Å². The summed E-state index contributed by atoms with van der Waals surface area (Å²) in [6.45, 7) is 2.35. The first-order chi connectivity index (χ1) is 6.13. The average molecular weight is 188 g/mol. The lowest BCUT2D eigenvalue weighted by atomic mass is 9.99. The summed E-state index contributed by atoms with van der Waals surface area (Å²) in [6.07, 6.45) is 0.867. The Bertz CT molecular complexity index is 180. The third-order valence-electron chi connectivity index (χ3n) is 2.42. The van der Waals surface area contributed by atoms with Crippen LogP contribution in [0.1, 0.15) is 26.2 Å². The number of carboxylic acid groups (broad SMARTS) is 1. The quantitative estimate of drug-likeness (QED) is 0.679. The van der Waals surface area contributed by atoms with Gasteiger partial charge >= 0.3 is 5.97 Å². The lowest BCUT2D eigenvalue weighted by molar-refractivity contribution is -0.138. The summed E-state index contributed by atoms with van der Waals surface area (Å²) >= 11 is 0. The molecule has 1 aliphatic rings. The molecule has 0 radical (unpaired) electrons. The molecule has 0 unspecified atom stereocenters. The molecule has 4 heteroatoms. The van der Waals surface area contributed by atoms with Crippen molar-refractivity contribution in [1.82, 2.24) is 0 Å². The molecule has 0 saturated carbocycles. The Balaban J connectivity index is 2.31. The second-order valence-corrected chi connectivity index (χ2v) is 3.55. The van der Waals surface area contributed by atoms with E-state index < -0.39 is 12.1 Å². The van der Waals surface area contributed by atoms with Crippen molar-refractivity contribution in [3.05, 3.63) is 0 Å². The van der Waals surface area contributed by atoms with Gasteiger partial charge in [0.05, 0.1) is 25.2 Å². The number of ether oxygens (including phenoxy) is 1. The zero-order chi connectivity index (χ0) is 9.84. The van der Waals surface area contributed by atoms with Gasteiger partial charge in [-0.3, -0.25) is 4.79 Å². The largest absolute Gasteiger partial charge is 0.481 e. The summed E-state index contributed by atoms with van der Waals surface area (Å²) in [5.41, 5.74) is 0. The van der Waals surface area contributed by atoms with E-state index in [-0.39, 0.29) is 18.4 Å². The smallest absolute Gasteiger partial charge is 0.303 e. The highest BCUT2D eigenvalue weighted by molar-refractivity contribution is 5.67. The third-order valence-corrected chi connectivity index (χ3v) is 2.42. The summed E-state index contributed by atoms with van der Waals surface area (Å²) in [4.78, 5) is 10.4. The predicted molar refractivity (Wildman–Crippen MR) is 46.4 cm³/mol. The Hall–Kier alpha value is -0.610. The lowest BCUT2D eigenvalue weighted by Crippen LogP contribution is -2.24. The van der Waals surface area contributed by atoms with Crippen LogP contribution in [0.2, 0.25) is 0 Å². The lowest BCUT2D eigenvalue weighted by Gasteiger charge is -2.14. The minimum absolute atomic E-state index is 0.0729. The first kappa shape index (κ1) is 10.5. The molecule has 2 N–H and O–H groups in total. The van der Waals surface area contributed by atoms with Gasteiger partial charge in [0.15, 0.2) is 0 Å². The number of aliphatic hydroxyl groups excluding tert-OH is 1. The Kier molecular flexibility index (Phi) is 3.69. The van der Waals surface area contributed by atoms with Crippen LogP contribution in [0, 0.1) is 5.92 Å². The van der Waals surface area contributed by atoms with Crippen LogP contribution in [-0.2, 0) is 9.53 Å². The maximum Gasteiger partial charge on any atom is 0.303 e. The van der Waals surface area contributed by atoms with Gasteiger partial charge in [-0.15, -0.1) is 0 Å². The number of aliphatic hydroxyl groups is 1. The van der Waals surface area contributed by atoms with Gasteiger partial charge in [-0.25, -0.2) is 0 Å². The van der Waals surface area contributed by atoms with Crippen LogP contribution in [0.15, 0.2) is 0 Å². The monoisotopic (exact) mass is 188 g/mol. The van der Waals surface area contributed by atoms with E-state index in [1.54, 1.807) is 0 Å². The van der Waals surface area contributed by atoms with E-state index in [0.29, 0.717) is 19.4 Å². The Labute approximate surface area is 77.5 Å². The fourth-order valence-corrected chi connectivity index (χ4v) is 1.64. The Morgan fingerprint density at radius 2 is 2.38 bits per heavy atom. The highest BCUT2D eigenvalue weighted by Crippen LogP contribution is 2.25. The number of hydrogen-bond acceptors (Lipinski definition) is 3. The molecule has 1 heterocycles. The fourth-order valence-electron chi connectivity index (χ4n) is 1.64. The molecule has 13 heavy (non-hydrogen) atoms. The molecular weight excluding hydrogens is 172 g/mol. The van der Waals surface area contributed by atoms with Crippen molar-refractivity contribution in [2.75, 3.05) is 6.61 Å². The van der Waals surface area contributed by atoms with Crippen molar-refractivity contribution < 1.29 is 19.7 Å². The third kappa shape index (κ3) is 2.97. The summed E-state index contributed by atoms with van der Waals surface area (Å²) in [7, 11) is 0. The van der Waals surface area contributed by atoms with Crippen molar-refractivity contribution in [1.29, 1.82) is 0 Å². The summed E-state index contributed by atoms with van der Waals surface area (Å²) < 4.78 is 5.31. The highest BCUT2D eigenvalue weighted by Gasteiger charge is 2.30. The number of aliphatic carboxylic acids is 1. The van der Waals surface area contributed by atoms with Crippen molar-refractivity contribution in [3.63, 3.8) is 0 Å². The van der Waals surface area contributed by atoms with Gasteiger partial charge in [0.1, 0.15) is 0 Å². The van der Waals surface area contributed by atoms with Gasteiger partial charge < -0.3 is 14.9 Å². The molecule has 0 bridgehead atoms. The molecule has 76 valence electrons. The summed E-state index contributed by atoms with van der Waals surface area (Å²) in [5, 5.41) is 18.0. The van der Waals surface area contributed by atoms with Crippen LogP contribution >= 0.6 is 0 Å². The van der Waals surface area contributed by atoms with Crippen LogP contribution in [0.25, 0.3) is 0 Å². The van der Waals surface area contributed by atoms with Gasteiger partial charge in [-0.05, 0) is 18.8 Å². The van der Waals surface area contributed by atoms with E-state index in [9.17, 15) is 9.90 Å². The molecular formula is C9H16O4. The van der Waals surface area contributed by atoms with Crippen LogP contribution in [0.3, 0.4) is 0 Å². The number of carbonyl (C=O) groups is 1. The molecule has 0 aromatic rings. The van der Waals surface area contributed by atoms with E-state index in [0.717, 1.165) is 0 Å². The second-order valence-electron chi connectivity index (χ2n) is 3.55. The minimum Gasteiger partial charge on any atom is -0.481 e. The van der Waals surface area contributed by atoms with Crippen LogP contribution in [-0.4, -0.2) is 35.0 Å². The molecule has 0 aliphatic carbocycles. The predicted octanol–water partition coefficient (Wildman–Crippen LogP) is 0.637. The molecule has 0 amide bonds. The molecule has 0 aromatic heterocycles. The summed E-state index contributed by atoms with van der Waals surface area (Å²) in [5.74, 6) is -0.719. The standard InChI is InChI=1S/C9H16O4/c1-2-7(10)8-3-6(5-13-8)4-9(11)12/h6-8,10H,2-5H2,1H3,(H,11,12)/t6-,7+,8-/m1/s1. The van der Waals surface area contributed by atoms with Crippen molar-refractivity contribution >= 4 is 5.97 Å². The molecule has 1 rings (SSSR count). The maximum atomic E-state index is 10.4. The van der Waals surface area contributed by atoms with E-state index in [4.69, 9.17) is 9.84 Å². The Morgan fingerprint density at radius 3 is 2.92 bits per heavy atom. The number of rotatable bonds is 4. The molecule has 0 aromatic carbocycles. The number of hydrogen-bond donors (Lipinski definition) is 2. The normalized spacial score (nSPS) is 30.3. The molecule has 1 saturated heterocycles. The number of carboxylic acids is 1. The Morgan fingerprint density at radius 1 is 1.69 bits per heavy atom. The molecule has 3 atom stereocenters. The molecule has 0 spiro atoms. The second kappa shape index (κ2) is 4.58. The fraction of sp³-hybridized carbons (Fsp3) is 0.889. The van der Waals surface area contributed by atoms with Gasteiger partial charge in [0, 0.05) is 0 Å². The van der Waals surface area contributed by atoms with E-state index in [2.05, 4.69) is 0 Å². The first-order valence-electron chi connectivity index (χ1n) is 4.65. The SMILES string of the molecule is CC[C@H](O)[C@H]1C[C@H](CC(=O)O)CO1. The van der Waals surface area contributed by atoms with Crippen LogP contribution in [0.5, 0.6) is 0 Å². The van der Waals surface area contributed by atoms with E-state index in [1.165, 1.54) is 0 Å². The van der Waals surface area contributed by atoms with Gasteiger partial charge in [0.2, 0.25) is 0 Å². The zero-order valence-electron chi connectivity index (χ0n) is 7.77. The summed E-state index contributed by atoms with van der Waals surface area (Å²) in [6, 6.07) is 0. The van der Waals surface area contributed by atoms with E-state index in [1.807, 2.05) is 6.92 Å². The molecule has 1 aliphatic heterocycles. The van der Waals surface area contributed by atoms with E-state index >= 15 is 0 Å². The topological polar surface area (TPSA) is 66.8 Å². The minimum atomic E-state index is -0.791. The van der Waals surface area contributed by atoms with Crippen molar-refractivity contribution in [3.8, 4) is 0 Å². The first-order valence-corrected chi connectivity index (χ1v) is 4.65. The van der Waals surface area contributed by atoms with Gasteiger partial charge in [-0.2, -0.15) is 0 Å². The van der Waals surface area contributed by atoms with Crippen molar-refractivity contribution in [2.45, 2.75) is 38.4 Å². The van der Waals surface area contributed by atoms with Gasteiger partial charge in [0.25, 0.3) is 0 Å². The average Bonchev–Trinajstić information content (AvgIpc) is 2.50. The maximum absolute atomic E-state index is 10.4. The highest BCUT2D eigenvalue weighted by atomic mass is 16.5.